The van der Waals surface area contributed by atoms with Crippen LogP contribution < -0.4 is 0 Å². The molecule has 2 aromatic rings. The number of aromatic nitrogens is 3. The van der Waals surface area contributed by atoms with Crippen LogP contribution in [0.15, 0.2) is 29.4 Å². The van der Waals surface area contributed by atoms with Crippen LogP contribution in [0.2, 0.25) is 5.02 Å². The van der Waals surface area contributed by atoms with Gasteiger partial charge in [0.05, 0.1) is 4.90 Å². The van der Waals surface area contributed by atoms with Crippen LogP contribution in [0.4, 0.5) is 0 Å². The third-order valence-electron chi connectivity index (χ3n) is 4.54. The van der Waals surface area contributed by atoms with Crippen molar-refractivity contribution < 1.29 is 8.42 Å². The molecule has 0 atom stereocenters. The third-order valence-corrected chi connectivity index (χ3v) is 6.83. The SMILES string of the molecule is CCc1nncn1C1CCN(S(=O)(=O)c2ccc(Cl)cc2C)CC1. The van der Waals surface area contributed by atoms with Gasteiger partial charge in [0.25, 0.3) is 0 Å². The van der Waals surface area contributed by atoms with E-state index >= 15 is 0 Å². The van der Waals surface area contributed by atoms with Gasteiger partial charge in [0.1, 0.15) is 12.2 Å². The number of nitrogens with zero attached hydrogens (tertiary/aromatic N) is 4. The summed E-state index contributed by atoms with van der Waals surface area (Å²) in [5, 5.41) is 8.63. The summed E-state index contributed by atoms with van der Waals surface area (Å²) in [7, 11) is -3.48. The van der Waals surface area contributed by atoms with E-state index in [2.05, 4.69) is 14.8 Å². The summed E-state index contributed by atoms with van der Waals surface area (Å²) >= 11 is 5.93. The summed E-state index contributed by atoms with van der Waals surface area (Å²) < 4.78 is 29.4. The minimum absolute atomic E-state index is 0.257. The number of aryl methyl sites for hydroxylation is 2. The highest BCUT2D eigenvalue weighted by molar-refractivity contribution is 7.89. The first kappa shape index (κ1) is 17.4. The molecule has 0 spiro atoms. The molecule has 1 saturated heterocycles. The fourth-order valence-corrected chi connectivity index (χ4v) is 5.13. The first-order valence-electron chi connectivity index (χ1n) is 8.08. The van der Waals surface area contributed by atoms with Crippen LogP contribution in [0.25, 0.3) is 0 Å². The van der Waals surface area contributed by atoms with Gasteiger partial charge in [0.2, 0.25) is 10.0 Å². The van der Waals surface area contributed by atoms with Gasteiger partial charge in [-0.25, -0.2) is 8.42 Å². The van der Waals surface area contributed by atoms with E-state index in [1.165, 1.54) is 0 Å². The van der Waals surface area contributed by atoms with E-state index in [0.717, 1.165) is 25.1 Å². The van der Waals surface area contributed by atoms with Gasteiger partial charge in [-0.2, -0.15) is 4.31 Å². The van der Waals surface area contributed by atoms with Gasteiger partial charge < -0.3 is 4.57 Å². The minimum Gasteiger partial charge on any atom is -0.314 e. The summed E-state index contributed by atoms with van der Waals surface area (Å²) in [5.41, 5.74) is 0.678. The van der Waals surface area contributed by atoms with Gasteiger partial charge in [-0.3, -0.25) is 0 Å². The Morgan fingerprint density at radius 2 is 2.00 bits per heavy atom. The highest BCUT2D eigenvalue weighted by Gasteiger charge is 2.31. The van der Waals surface area contributed by atoms with Crippen LogP contribution in [-0.2, 0) is 16.4 Å². The van der Waals surface area contributed by atoms with E-state index in [4.69, 9.17) is 11.6 Å². The van der Waals surface area contributed by atoms with Crippen molar-refractivity contribution in [3.05, 3.63) is 40.9 Å². The van der Waals surface area contributed by atoms with Crippen molar-refractivity contribution in [1.29, 1.82) is 0 Å². The van der Waals surface area contributed by atoms with Gasteiger partial charge >= 0.3 is 0 Å². The van der Waals surface area contributed by atoms with E-state index in [0.29, 0.717) is 28.6 Å². The van der Waals surface area contributed by atoms with E-state index in [1.807, 2.05) is 6.92 Å². The Labute approximate surface area is 147 Å². The molecule has 0 radical (unpaired) electrons. The zero-order valence-electron chi connectivity index (χ0n) is 13.8. The second-order valence-electron chi connectivity index (χ2n) is 6.05. The third kappa shape index (κ3) is 3.20. The van der Waals surface area contributed by atoms with Crippen LogP contribution in [0, 0.1) is 6.92 Å². The van der Waals surface area contributed by atoms with Gasteiger partial charge in [0, 0.05) is 30.6 Å². The molecule has 6 nitrogen and oxygen atoms in total. The molecule has 0 amide bonds. The summed E-state index contributed by atoms with van der Waals surface area (Å²) in [6.45, 7) is 4.81. The first-order valence-corrected chi connectivity index (χ1v) is 9.90. The van der Waals surface area contributed by atoms with Gasteiger partial charge in [-0.05, 0) is 43.5 Å². The molecule has 24 heavy (non-hydrogen) atoms. The molecular weight excluding hydrogens is 348 g/mol. The van der Waals surface area contributed by atoms with Crippen LogP contribution in [0.3, 0.4) is 0 Å². The second-order valence-corrected chi connectivity index (χ2v) is 8.40. The number of hydrogen-bond acceptors (Lipinski definition) is 4. The summed E-state index contributed by atoms with van der Waals surface area (Å²) in [4.78, 5) is 0.337. The van der Waals surface area contributed by atoms with Crippen LogP contribution in [0.1, 0.15) is 37.2 Å². The lowest BCUT2D eigenvalue weighted by Crippen LogP contribution is -2.39. The average Bonchev–Trinajstić information content (AvgIpc) is 3.03. The van der Waals surface area contributed by atoms with Crippen molar-refractivity contribution in [2.75, 3.05) is 13.1 Å². The molecule has 1 aromatic heterocycles. The minimum atomic E-state index is -3.48. The van der Waals surface area contributed by atoms with Crippen molar-refractivity contribution >= 4 is 21.6 Å². The molecular formula is C16H21ClN4O2S. The molecule has 8 heteroatoms. The fraction of sp³-hybridized carbons (Fsp3) is 0.500. The molecule has 2 heterocycles. The Bertz CT molecular complexity index is 826. The Balaban J connectivity index is 1.76. The Hall–Kier alpha value is -1.44. The average molecular weight is 369 g/mol. The van der Waals surface area contributed by atoms with Gasteiger partial charge in [0.15, 0.2) is 0 Å². The highest BCUT2D eigenvalue weighted by Crippen LogP contribution is 2.29. The largest absolute Gasteiger partial charge is 0.314 e. The van der Waals surface area contributed by atoms with Crippen molar-refractivity contribution in [2.24, 2.45) is 0 Å². The van der Waals surface area contributed by atoms with Crippen LogP contribution >= 0.6 is 11.6 Å². The molecule has 1 aromatic carbocycles. The van der Waals surface area contributed by atoms with E-state index in [9.17, 15) is 8.42 Å². The second kappa shape index (κ2) is 6.82. The standard InChI is InChI=1S/C16H21ClN4O2S/c1-3-16-19-18-11-21(16)14-6-8-20(9-7-14)24(22,23)15-5-4-13(17)10-12(15)2/h4-5,10-11,14H,3,6-9H2,1-2H3. The maximum Gasteiger partial charge on any atom is 0.243 e. The van der Waals surface area contributed by atoms with Crippen LogP contribution in [-0.4, -0.2) is 40.6 Å². The number of piperidine rings is 1. The summed E-state index contributed by atoms with van der Waals surface area (Å²) in [5.74, 6) is 0.949. The van der Waals surface area contributed by atoms with E-state index < -0.39 is 10.0 Å². The zero-order chi connectivity index (χ0) is 17.3. The molecule has 0 N–H and O–H groups in total. The zero-order valence-corrected chi connectivity index (χ0v) is 15.4. The highest BCUT2D eigenvalue weighted by atomic mass is 35.5. The normalized spacial score (nSPS) is 17.3. The summed E-state index contributed by atoms with van der Waals surface area (Å²) in [6, 6.07) is 5.16. The van der Waals surface area contributed by atoms with Gasteiger partial charge in [-0.15, -0.1) is 10.2 Å². The quantitative estimate of drug-likeness (QED) is 0.832. The molecule has 3 rings (SSSR count). The monoisotopic (exact) mass is 368 g/mol. The molecule has 1 aliphatic rings. The van der Waals surface area contributed by atoms with Gasteiger partial charge in [-0.1, -0.05) is 18.5 Å². The number of sulfonamides is 1. The first-order chi connectivity index (χ1) is 11.4. The Kier molecular flexibility index (Phi) is 4.94. The van der Waals surface area contributed by atoms with Crippen molar-refractivity contribution in [2.45, 2.75) is 44.0 Å². The molecule has 0 saturated carbocycles. The molecule has 0 aliphatic carbocycles. The fourth-order valence-electron chi connectivity index (χ4n) is 3.23. The molecule has 0 unspecified atom stereocenters. The lowest BCUT2D eigenvalue weighted by molar-refractivity contribution is 0.270. The number of benzene rings is 1. The molecule has 1 fully saturated rings. The smallest absolute Gasteiger partial charge is 0.243 e. The predicted octanol–water partition coefficient (Wildman–Crippen LogP) is 2.83. The van der Waals surface area contributed by atoms with Crippen molar-refractivity contribution in [3.63, 3.8) is 0 Å². The predicted molar refractivity (Wildman–Crippen MR) is 92.6 cm³/mol. The maximum atomic E-state index is 12.9. The molecule has 130 valence electrons. The van der Waals surface area contributed by atoms with Crippen molar-refractivity contribution in [3.8, 4) is 0 Å². The molecule has 1 aliphatic heterocycles. The van der Waals surface area contributed by atoms with Crippen molar-refractivity contribution in [1.82, 2.24) is 19.1 Å². The summed E-state index contributed by atoms with van der Waals surface area (Å²) in [6.07, 6.45) is 4.09. The lowest BCUT2D eigenvalue weighted by atomic mass is 10.1. The number of hydrogen-bond donors (Lipinski definition) is 0. The Morgan fingerprint density at radius 3 is 2.62 bits per heavy atom. The van der Waals surface area contributed by atoms with E-state index in [-0.39, 0.29) is 6.04 Å². The topological polar surface area (TPSA) is 68.1 Å². The lowest BCUT2D eigenvalue weighted by Gasteiger charge is -2.32. The Morgan fingerprint density at radius 1 is 1.29 bits per heavy atom. The van der Waals surface area contributed by atoms with Crippen LogP contribution in [0.5, 0.6) is 0 Å². The maximum absolute atomic E-state index is 12.9. The number of halogens is 1. The molecule has 0 bridgehead atoms. The number of rotatable bonds is 4. The van der Waals surface area contributed by atoms with E-state index in [1.54, 1.807) is 35.8 Å².